The van der Waals surface area contributed by atoms with Crippen LogP contribution in [0.2, 0.25) is 0 Å². The van der Waals surface area contributed by atoms with E-state index in [1.54, 1.807) is 5.12 Å². The number of benzene rings is 2. The van der Waals surface area contributed by atoms with E-state index in [2.05, 4.69) is 38.2 Å². The fourth-order valence-electron chi connectivity index (χ4n) is 4.09. The summed E-state index contributed by atoms with van der Waals surface area (Å²) in [5.74, 6) is 0.456. The SMILES string of the molecule is Cc1cc(C2=NN(C)NN2)cc(C)c1-c1ccc(F)c2c1CC[C@H]2N=[N+]=[N-]. The highest BCUT2D eigenvalue weighted by molar-refractivity contribution is 6.00. The summed E-state index contributed by atoms with van der Waals surface area (Å²) in [6.07, 6.45) is 1.35. The van der Waals surface area contributed by atoms with E-state index in [0.29, 0.717) is 18.4 Å². The largest absolute Gasteiger partial charge is 0.285 e. The van der Waals surface area contributed by atoms with Crippen LogP contribution >= 0.6 is 0 Å². The molecule has 0 aromatic heterocycles. The average Bonchev–Trinajstić information content (AvgIpc) is 3.24. The molecule has 0 bridgehead atoms. The van der Waals surface area contributed by atoms with Crippen molar-refractivity contribution < 1.29 is 4.39 Å². The summed E-state index contributed by atoms with van der Waals surface area (Å²) in [5, 5.41) is 9.77. The fraction of sp³-hybridized carbons (Fsp3) is 0.316. The quantitative estimate of drug-likeness (QED) is 0.489. The topological polar surface area (TPSA) is 88.4 Å². The van der Waals surface area contributed by atoms with Gasteiger partial charge in [-0.25, -0.2) is 9.51 Å². The maximum atomic E-state index is 14.4. The Morgan fingerprint density at radius 1 is 1.30 bits per heavy atom. The molecule has 4 rings (SSSR count). The Bertz CT molecular complexity index is 984. The van der Waals surface area contributed by atoms with Crippen molar-refractivity contribution in [2.24, 2.45) is 10.2 Å². The van der Waals surface area contributed by atoms with E-state index < -0.39 is 6.04 Å². The molecule has 138 valence electrons. The molecule has 1 atom stereocenters. The van der Waals surface area contributed by atoms with Gasteiger partial charge < -0.3 is 0 Å². The first-order chi connectivity index (χ1) is 13.0. The predicted molar refractivity (Wildman–Crippen MR) is 102 cm³/mol. The fourth-order valence-corrected chi connectivity index (χ4v) is 4.09. The first-order valence-corrected chi connectivity index (χ1v) is 8.81. The first kappa shape index (κ1) is 17.3. The molecule has 7 nitrogen and oxygen atoms in total. The van der Waals surface area contributed by atoms with Crippen LogP contribution in [0.5, 0.6) is 0 Å². The summed E-state index contributed by atoms with van der Waals surface area (Å²) in [7, 11) is 1.82. The average molecular weight is 365 g/mol. The zero-order chi connectivity index (χ0) is 19.1. The van der Waals surface area contributed by atoms with Gasteiger partial charge in [0.2, 0.25) is 0 Å². The van der Waals surface area contributed by atoms with E-state index in [0.717, 1.165) is 39.2 Å². The minimum absolute atomic E-state index is 0.297. The van der Waals surface area contributed by atoms with Crippen LogP contribution in [0.4, 0.5) is 4.39 Å². The molecule has 1 aliphatic heterocycles. The van der Waals surface area contributed by atoms with Crippen molar-refractivity contribution in [1.29, 1.82) is 0 Å². The molecule has 0 unspecified atom stereocenters. The number of nitrogens with one attached hydrogen (secondary N) is 2. The third-order valence-corrected chi connectivity index (χ3v) is 5.16. The molecule has 27 heavy (non-hydrogen) atoms. The molecular weight excluding hydrogens is 345 g/mol. The van der Waals surface area contributed by atoms with Crippen LogP contribution in [-0.4, -0.2) is 18.0 Å². The Kier molecular flexibility index (Phi) is 4.22. The lowest BCUT2D eigenvalue weighted by molar-refractivity contribution is 0.259. The van der Waals surface area contributed by atoms with Crippen LogP contribution in [0.3, 0.4) is 0 Å². The molecule has 0 saturated heterocycles. The zero-order valence-electron chi connectivity index (χ0n) is 15.4. The summed E-state index contributed by atoms with van der Waals surface area (Å²) in [5.41, 5.74) is 21.5. The second kappa shape index (κ2) is 6.57. The van der Waals surface area contributed by atoms with Gasteiger partial charge in [0.05, 0.1) is 6.04 Å². The lowest BCUT2D eigenvalue weighted by atomic mass is 9.89. The Morgan fingerprint density at radius 2 is 2.04 bits per heavy atom. The third-order valence-electron chi connectivity index (χ3n) is 5.16. The minimum Gasteiger partial charge on any atom is -0.285 e. The van der Waals surface area contributed by atoms with Gasteiger partial charge in [0.15, 0.2) is 5.84 Å². The summed E-state index contributed by atoms with van der Waals surface area (Å²) < 4.78 is 14.4. The molecule has 8 heteroatoms. The Labute approximate surface area is 156 Å². The van der Waals surface area contributed by atoms with Gasteiger partial charge in [-0.2, -0.15) is 0 Å². The molecule has 2 aliphatic rings. The van der Waals surface area contributed by atoms with Gasteiger partial charge in [0.25, 0.3) is 0 Å². The number of halogens is 1. The number of hydrazine groups is 2. The van der Waals surface area contributed by atoms with Gasteiger partial charge in [0, 0.05) is 23.1 Å². The summed E-state index contributed by atoms with van der Waals surface area (Å²) >= 11 is 0. The predicted octanol–water partition coefficient (Wildman–Crippen LogP) is 4.02. The summed E-state index contributed by atoms with van der Waals surface area (Å²) in [4.78, 5) is 2.89. The summed E-state index contributed by atoms with van der Waals surface area (Å²) in [6, 6.07) is 7.04. The van der Waals surface area contributed by atoms with E-state index in [4.69, 9.17) is 5.53 Å². The van der Waals surface area contributed by atoms with Gasteiger partial charge in [-0.3, -0.25) is 5.43 Å². The van der Waals surface area contributed by atoms with Crippen molar-refractivity contribution in [3.8, 4) is 11.1 Å². The monoisotopic (exact) mass is 365 g/mol. The van der Waals surface area contributed by atoms with E-state index >= 15 is 0 Å². The number of fused-ring (bicyclic) bond motifs is 1. The maximum Gasteiger partial charge on any atom is 0.170 e. The standard InChI is InChI=1S/C19H20FN7/c1-10-8-12(19-23-26-27(3)24-19)9-11(2)17(10)13-4-6-15(20)18-14(13)5-7-16(18)22-25-21/h4,6,8-9,16,26H,5,7H2,1-3H3,(H,23,24)/t16-/m1/s1. The van der Waals surface area contributed by atoms with E-state index in [1.165, 1.54) is 6.07 Å². The number of aryl methyl sites for hydroxylation is 2. The van der Waals surface area contributed by atoms with Crippen LogP contribution in [0.15, 0.2) is 34.5 Å². The van der Waals surface area contributed by atoms with Gasteiger partial charge in [-0.1, -0.05) is 11.2 Å². The number of hydrazone groups is 1. The van der Waals surface area contributed by atoms with Gasteiger partial charge in [-0.05, 0) is 78.2 Å². The lowest BCUT2D eigenvalue weighted by Crippen LogP contribution is -2.36. The van der Waals surface area contributed by atoms with Crippen LogP contribution < -0.4 is 11.0 Å². The second-order valence-corrected chi connectivity index (χ2v) is 6.94. The summed E-state index contributed by atoms with van der Waals surface area (Å²) in [6.45, 7) is 4.10. The van der Waals surface area contributed by atoms with Crippen molar-refractivity contribution in [1.82, 2.24) is 16.1 Å². The Balaban J connectivity index is 1.84. The normalized spacial score (nSPS) is 18.0. The van der Waals surface area contributed by atoms with Crippen molar-refractivity contribution in [3.05, 3.63) is 68.3 Å². The Morgan fingerprint density at radius 3 is 2.67 bits per heavy atom. The molecule has 2 N–H and O–H groups in total. The van der Waals surface area contributed by atoms with Crippen molar-refractivity contribution in [2.45, 2.75) is 32.7 Å². The maximum absolute atomic E-state index is 14.4. The second-order valence-electron chi connectivity index (χ2n) is 6.94. The number of hydrogen-bond donors (Lipinski definition) is 2. The molecule has 2 aromatic rings. The molecule has 0 saturated carbocycles. The highest BCUT2D eigenvalue weighted by Crippen LogP contribution is 2.43. The number of azide groups is 1. The third kappa shape index (κ3) is 2.89. The molecule has 0 spiro atoms. The molecule has 0 fully saturated rings. The lowest BCUT2D eigenvalue weighted by Gasteiger charge is -2.17. The molecule has 1 heterocycles. The van der Waals surface area contributed by atoms with E-state index in [1.807, 2.05) is 27.0 Å². The number of nitrogens with zero attached hydrogens (tertiary/aromatic N) is 5. The minimum atomic E-state index is -0.427. The highest BCUT2D eigenvalue weighted by atomic mass is 19.1. The molecule has 1 aliphatic carbocycles. The number of amidine groups is 1. The van der Waals surface area contributed by atoms with Crippen LogP contribution in [-0.2, 0) is 6.42 Å². The van der Waals surface area contributed by atoms with E-state index in [9.17, 15) is 4.39 Å². The molecular formula is C19H20FN7. The van der Waals surface area contributed by atoms with Crippen LogP contribution in [0, 0.1) is 19.7 Å². The van der Waals surface area contributed by atoms with Gasteiger partial charge in [0.1, 0.15) is 5.82 Å². The first-order valence-electron chi connectivity index (χ1n) is 8.81. The van der Waals surface area contributed by atoms with Crippen molar-refractivity contribution in [2.75, 3.05) is 7.05 Å². The van der Waals surface area contributed by atoms with Gasteiger partial charge >= 0.3 is 0 Å². The van der Waals surface area contributed by atoms with Crippen LogP contribution in [0.25, 0.3) is 21.6 Å². The molecule has 0 amide bonds. The number of rotatable bonds is 3. The molecule has 2 aromatic carbocycles. The highest BCUT2D eigenvalue weighted by Gasteiger charge is 2.28. The van der Waals surface area contributed by atoms with Crippen molar-refractivity contribution >= 4 is 5.84 Å². The number of hydrogen-bond acceptors (Lipinski definition) is 5. The van der Waals surface area contributed by atoms with Gasteiger partial charge in [-0.15, -0.1) is 10.6 Å². The Hall–Kier alpha value is -3.09. The molecule has 0 radical (unpaired) electrons. The van der Waals surface area contributed by atoms with Crippen molar-refractivity contribution in [3.63, 3.8) is 0 Å². The van der Waals surface area contributed by atoms with E-state index in [-0.39, 0.29) is 5.82 Å². The smallest absolute Gasteiger partial charge is 0.170 e. The van der Waals surface area contributed by atoms with Crippen LogP contribution in [0.1, 0.15) is 40.3 Å². The zero-order valence-corrected chi connectivity index (χ0v) is 15.4.